The van der Waals surface area contributed by atoms with Crippen LogP contribution in [0.1, 0.15) is 5.56 Å². The fourth-order valence-corrected chi connectivity index (χ4v) is 1.63. The zero-order valence-electron chi connectivity index (χ0n) is 7.36. The van der Waals surface area contributed by atoms with Gasteiger partial charge in [-0.05, 0) is 34.5 Å². The largest absolute Gasteiger partial charge is 0.347 e. The van der Waals surface area contributed by atoms with Crippen molar-refractivity contribution in [2.75, 3.05) is 0 Å². The van der Waals surface area contributed by atoms with E-state index in [0.29, 0.717) is 0 Å². The van der Waals surface area contributed by atoms with Gasteiger partial charge >= 0.3 is 5.69 Å². The molecule has 0 aliphatic heterocycles. The number of aromatic amines is 1. The van der Waals surface area contributed by atoms with Gasteiger partial charge in [-0.1, -0.05) is 0 Å². The van der Waals surface area contributed by atoms with Gasteiger partial charge in [-0.15, -0.1) is 0 Å². The second-order valence-electron chi connectivity index (χ2n) is 2.83. The van der Waals surface area contributed by atoms with Crippen LogP contribution in [0.4, 0.5) is 0 Å². The normalized spacial score (nSPS) is 10.4. The minimum atomic E-state index is -0.266. The molecule has 0 atom stereocenters. The minimum Gasteiger partial charge on any atom is -0.248 e. The summed E-state index contributed by atoms with van der Waals surface area (Å²) in [4.78, 5) is 15.3. The first-order valence-electron chi connectivity index (χ1n) is 3.93. The highest BCUT2D eigenvalue weighted by Crippen LogP contribution is 2.14. The predicted molar refractivity (Wildman–Crippen MR) is 54.4 cm³/mol. The van der Waals surface area contributed by atoms with Crippen LogP contribution in [0.5, 0.6) is 0 Å². The maximum atomic E-state index is 11.3. The number of nitrogens with one attached hydrogen (secondary N) is 1. The van der Waals surface area contributed by atoms with E-state index in [2.05, 4.69) is 31.1 Å². The van der Waals surface area contributed by atoms with E-state index in [1.807, 2.05) is 13.0 Å². The van der Waals surface area contributed by atoms with Gasteiger partial charge in [-0.2, -0.15) is 5.10 Å². The molecule has 2 heterocycles. The first kappa shape index (κ1) is 9.14. The van der Waals surface area contributed by atoms with Crippen LogP contribution in [0.15, 0.2) is 28.0 Å². The van der Waals surface area contributed by atoms with E-state index in [1.54, 1.807) is 6.20 Å². The van der Waals surface area contributed by atoms with Crippen LogP contribution in [0, 0.1) is 6.92 Å². The molecule has 0 radical (unpaired) electrons. The number of pyridine rings is 1. The highest BCUT2D eigenvalue weighted by atomic mass is 79.9. The highest BCUT2D eigenvalue weighted by Gasteiger charge is 2.05. The number of hydrogen-bond donors (Lipinski definition) is 1. The molecule has 0 unspecified atom stereocenters. The standard InChI is InChI=1S/C8H7BrN4O/c1-5-2-7(9)10-3-6(5)13-4-11-12-8(13)14/h2-4H,1H3,(H,12,14). The smallest absolute Gasteiger partial charge is 0.248 e. The molecule has 14 heavy (non-hydrogen) atoms. The molecule has 2 rings (SSSR count). The van der Waals surface area contributed by atoms with Crippen molar-refractivity contribution >= 4 is 15.9 Å². The third-order valence-corrected chi connectivity index (χ3v) is 2.30. The Kier molecular flexibility index (Phi) is 2.20. The number of aromatic nitrogens is 4. The van der Waals surface area contributed by atoms with Gasteiger partial charge in [-0.25, -0.2) is 19.4 Å². The molecular weight excluding hydrogens is 248 g/mol. The van der Waals surface area contributed by atoms with Crippen LogP contribution in [0.25, 0.3) is 5.69 Å². The molecule has 0 saturated heterocycles. The molecule has 0 aliphatic rings. The average Bonchev–Trinajstić information content (AvgIpc) is 2.52. The van der Waals surface area contributed by atoms with Crippen molar-refractivity contribution in [3.63, 3.8) is 0 Å². The van der Waals surface area contributed by atoms with Crippen molar-refractivity contribution in [3.05, 3.63) is 39.2 Å². The first-order valence-corrected chi connectivity index (χ1v) is 4.72. The van der Waals surface area contributed by atoms with E-state index >= 15 is 0 Å². The van der Waals surface area contributed by atoms with E-state index in [9.17, 15) is 4.79 Å². The molecule has 2 aromatic rings. The van der Waals surface area contributed by atoms with Gasteiger partial charge in [0, 0.05) is 0 Å². The zero-order chi connectivity index (χ0) is 10.1. The molecule has 2 aromatic heterocycles. The average molecular weight is 255 g/mol. The molecule has 0 aliphatic carbocycles. The molecule has 72 valence electrons. The molecule has 1 N–H and O–H groups in total. The summed E-state index contributed by atoms with van der Waals surface area (Å²) in [5, 5.41) is 5.97. The lowest BCUT2D eigenvalue weighted by molar-refractivity contribution is 0.958. The number of halogens is 1. The van der Waals surface area contributed by atoms with E-state index in [4.69, 9.17) is 0 Å². The molecule has 0 amide bonds. The number of rotatable bonds is 1. The summed E-state index contributed by atoms with van der Waals surface area (Å²) in [5.74, 6) is 0. The van der Waals surface area contributed by atoms with Gasteiger partial charge in [0.05, 0.1) is 11.9 Å². The van der Waals surface area contributed by atoms with Crippen molar-refractivity contribution in [1.82, 2.24) is 19.7 Å². The van der Waals surface area contributed by atoms with Crippen LogP contribution in [-0.2, 0) is 0 Å². The fourth-order valence-electron chi connectivity index (χ4n) is 1.19. The van der Waals surface area contributed by atoms with Gasteiger partial charge in [0.1, 0.15) is 10.9 Å². The first-order chi connectivity index (χ1) is 6.68. The monoisotopic (exact) mass is 254 g/mol. The van der Waals surface area contributed by atoms with Gasteiger partial charge in [0.15, 0.2) is 0 Å². The van der Waals surface area contributed by atoms with Gasteiger partial charge in [-0.3, -0.25) is 0 Å². The second kappa shape index (κ2) is 3.38. The van der Waals surface area contributed by atoms with Crippen LogP contribution in [-0.4, -0.2) is 19.7 Å². The molecule has 0 bridgehead atoms. The summed E-state index contributed by atoms with van der Waals surface area (Å²) in [6.07, 6.45) is 3.05. The van der Waals surface area contributed by atoms with Crippen molar-refractivity contribution < 1.29 is 0 Å². The third kappa shape index (κ3) is 1.48. The van der Waals surface area contributed by atoms with Gasteiger partial charge in [0.25, 0.3) is 0 Å². The van der Waals surface area contributed by atoms with Gasteiger partial charge < -0.3 is 0 Å². The van der Waals surface area contributed by atoms with Crippen LogP contribution in [0.3, 0.4) is 0 Å². The molecule has 0 aromatic carbocycles. The topological polar surface area (TPSA) is 63.6 Å². The Morgan fingerprint density at radius 3 is 2.93 bits per heavy atom. The summed E-state index contributed by atoms with van der Waals surface area (Å²) >= 11 is 3.26. The maximum absolute atomic E-state index is 11.3. The summed E-state index contributed by atoms with van der Waals surface area (Å²) < 4.78 is 2.16. The SMILES string of the molecule is Cc1cc(Br)ncc1-n1cn[nH]c1=O. The van der Waals surface area contributed by atoms with E-state index in [-0.39, 0.29) is 5.69 Å². The van der Waals surface area contributed by atoms with Crippen LogP contribution in [0.2, 0.25) is 0 Å². The van der Waals surface area contributed by atoms with Crippen molar-refractivity contribution in [2.45, 2.75) is 6.92 Å². The molecule has 0 fully saturated rings. The summed E-state index contributed by atoms with van der Waals surface area (Å²) in [7, 11) is 0. The van der Waals surface area contributed by atoms with E-state index < -0.39 is 0 Å². The Balaban J connectivity index is 2.63. The summed E-state index contributed by atoms with van der Waals surface area (Å²) in [6.45, 7) is 1.90. The highest BCUT2D eigenvalue weighted by molar-refractivity contribution is 9.10. The van der Waals surface area contributed by atoms with E-state index in [0.717, 1.165) is 15.9 Å². The number of H-pyrrole nitrogens is 1. The second-order valence-corrected chi connectivity index (χ2v) is 3.64. The number of hydrogen-bond acceptors (Lipinski definition) is 3. The molecule has 6 heteroatoms. The number of aryl methyl sites for hydroxylation is 1. The quantitative estimate of drug-likeness (QED) is 0.774. The molecule has 0 spiro atoms. The number of nitrogens with zero attached hydrogens (tertiary/aromatic N) is 3. The zero-order valence-corrected chi connectivity index (χ0v) is 8.95. The molecule has 5 nitrogen and oxygen atoms in total. The van der Waals surface area contributed by atoms with Crippen molar-refractivity contribution in [1.29, 1.82) is 0 Å². The Bertz CT molecular complexity index is 516. The third-order valence-electron chi connectivity index (χ3n) is 1.86. The van der Waals surface area contributed by atoms with Crippen LogP contribution < -0.4 is 5.69 Å². The summed E-state index contributed by atoms with van der Waals surface area (Å²) in [6, 6.07) is 1.84. The lowest BCUT2D eigenvalue weighted by atomic mass is 10.2. The fraction of sp³-hybridized carbons (Fsp3) is 0.125. The molecule has 0 saturated carbocycles. The van der Waals surface area contributed by atoms with Crippen LogP contribution >= 0.6 is 15.9 Å². The lowest BCUT2D eigenvalue weighted by Crippen LogP contribution is -2.15. The van der Waals surface area contributed by atoms with E-state index in [1.165, 1.54) is 10.9 Å². The summed E-state index contributed by atoms with van der Waals surface area (Å²) in [5.41, 5.74) is 1.42. The Labute approximate surface area is 87.9 Å². The predicted octanol–water partition coefficient (Wildman–Crippen LogP) is 1.03. The van der Waals surface area contributed by atoms with Crippen molar-refractivity contribution in [3.8, 4) is 5.69 Å². The van der Waals surface area contributed by atoms with Gasteiger partial charge in [0.2, 0.25) is 0 Å². The Hall–Kier alpha value is -1.43. The Morgan fingerprint density at radius 2 is 2.36 bits per heavy atom. The minimum absolute atomic E-state index is 0.266. The molecular formula is C8H7BrN4O. The maximum Gasteiger partial charge on any atom is 0.347 e. The Morgan fingerprint density at radius 1 is 1.57 bits per heavy atom. The van der Waals surface area contributed by atoms with Crippen molar-refractivity contribution in [2.24, 2.45) is 0 Å². The lowest BCUT2D eigenvalue weighted by Gasteiger charge is -2.03.